The van der Waals surface area contributed by atoms with Crippen LogP contribution in [0, 0.1) is 12.8 Å². The molecule has 17 heavy (non-hydrogen) atoms. The first-order valence-electron chi connectivity index (χ1n) is 5.05. The van der Waals surface area contributed by atoms with E-state index in [9.17, 15) is 9.59 Å². The summed E-state index contributed by atoms with van der Waals surface area (Å²) in [6.07, 6.45) is 1.52. The first-order valence-corrected chi connectivity index (χ1v) is 5.86. The smallest absolute Gasteiger partial charge is 0.332 e. The molecule has 0 aliphatic carbocycles. The average Bonchev–Trinajstić information content (AvgIpc) is 2.69. The Bertz CT molecular complexity index is 459. The number of thiophene rings is 1. The molecule has 0 saturated heterocycles. The summed E-state index contributed by atoms with van der Waals surface area (Å²) in [7, 11) is 1.24. The number of carboxylic acid groups (broad SMARTS) is 1. The van der Waals surface area contributed by atoms with E-state index in [0.717, 1.165) is 9.75 Å². The second-order valence-electron chi connectivity index (χ2n) is 3.60. The molecular formula is C12H14O4S. The van der Waals surface area contributed by atoms with Crippen LogP contribution in [0.5, 0.6) is 0 Å². The van der Waals surface area contributed by atoms with Crippen LogP contribution < -0.4 is 0 Å². The number of ether oxygens (including phenoxy) is 1. The Morgan fingerprint density at radius 3 is 2.53 bits per heavy atom. The fourth-order valence-corrected chi connectivity index (χ4v) is 2.19. The summed E-state index contributed by atoms with van der Waals surface area (Å²) in [5.41, 5.74) is 0.0405. The first kappa shape index (κ1) is 13.4. The van der Waals surface area contributed by atoms with Gasteiger partial charge in [-0.05, 0) is 32.1 Å². The molecule has 1 heterocycles. The van der Waals surface area contributed by atoms with Crippen molar-refractivity contribution in [2.75, 3.05) is 7.11 Å². The lowest BCUT2D eigenvalue weighted by molar-refractivity contribution is -0.146. The lowest BCUT2D eigenvalue weighted by atomic mass is 10.0. The van der Waals surface area contributed by atoms with Gasteiger partial charge in [0.05, 0.1) is 18.6 Å². The number of aryl methyl sites for hydroxylation is 1. The lowest BCUT2D eigenvalue weighted by Crippen LogP contribution is -2.19. The highest BCUT2D eigenvalue weighted by molar-refractivity contribution is 7.12. The zero-order chi connectivity index (χ0) is 13.0. The van der Waals surface area contributed by atoms with E-state index in [2.05, 4.69) is 4.74 Å². The number of hydrogen-bond acceptors (Lipinski definition) is 4. The topological polar surface area (TPSA) is 63.6 Å². The third kappa shape index (κ3) is 3.42. The number of methoxy groups -OCH3 is 1. The molecule has 1 aromatic heterocycles. The van der Waals surface area contributed by atoms with Crippen LogP contribution in [-0.4, -0.2) is 24.2 Å². The predicted octanol–water partition coefficient (Wildman–Crippen LogP) is 2.33. The lowest BCUT2D eigenvalue weighted by Gasteiger charge is -2.09. The van der Waals surface area contributed by atoms with Crippen molar-refractivity contribution in [2.24, 2.45) is 5.92 Å². The van der Waals surface area contributed by atoms with Crippen LogP contribution >= 0.6 is 11.3 Å². The minimum atomic E-state index is -1.10. The number of carboxylic acids is 1. The normalized spacial score (nSPS) is 13.2. The molecule has 0 saturated carbocycles. The summed E-state index contributed by atoms with van der Waals surface area (Å²) in [4.78, 5) is 24.3. The minimum absolute atomic E-state index is 0.0405. The number of carbonyl (C=O) groups is 2. The number of hydrogen-bond donors (Lipinski definition) is 1. The van der Waals surface area contributed by atoms with Gasteiger partial charge in [0.1, 0.15) is 0 Å². The van der Waals surface area contributed by atoms with E-state index < -0.39 is 17.9 Å². The van der Waals surface area contributed by atoms with Crippen LogP contribution in [0.2, 0.25) is 0 Å². The Morgan fingerprint density at radius 1 is 1.47 bits per heavy atom. The van der Waals surface area contributed by atoms with Gasteiger partial charge in [0.25, 0.3) is 0 Å². The Labute approximate surface area is 104 Å². The van der Waals surface area contributed by atoms with Crippen LogP contribution in [0.15, 0.2) is 17.7 Å². The van der Waals surface area contributed by atoms with E-state index in [-0.39, 0.29) is 5.57 Å². The molecule has 0 amide bonds. The van der Waals surface area contributed by atoms with Crippen LogP contribution in [0.3, 0.4) is 0 Å². The highest BCUT2D eigenvalue weighted by Crippen LogP contribution is 2.22. The maximum absolute atomic E-state index is 11.3. The van der Waals surface area contributed by atoms with E-state index in [0.29, 0.717) is 0 Å². The van der Waals surface area contributed by atoms with Crippen molar-refractivity contribution in [1.29, 1.82) is 0 Å². The molecule has 1 aromatic rings. The first-order chi connectivity index (χ1) is 7.95. The quantitative estimate of drug-likeness (QED) is 0.661. The molecule has 0 radical (unpaired) electrons. The third-order valence-electron chi connectivity index (χ3n) is 2.33. The fraction of sp³-hybridized carbons (Fsp3) is 0.333. The number of aliphatic carboxylic acids is 1. The molecule has 0 aliphatic heterocycles. The Morgan fingerprint density at radius 2 is 2.12 bits per heavy atom. The number of esters is 1. The van der Waals surface area contributed by atoms with Crippen molar-refractivity contribution in [1.82, 2.24) is 0 Å². The van der Waals surface area contributed by atoms with Crippen molar-refractivity contribution < 1.29 is 19.4 Å². The van der Waals surface area contributed by atoms with E-state index >= 15 is 0 Å². The van der Waals surface area contributed by atoms with Gasteiger partial charge in [0, 0.05) is 9.75 Å². The summed E-state index contributed by atoms with van der Waals surface area (Å²) >= 11 is 1.48. The largest absolute Gasteiger partial charge is 0.478 e. The van der Waals surface area contributed by atoms with Gasteiger partial charge < -0.3 is 9.84 Å². The molecule has 0 fully saturated rings. The highest BCUT2D eigenvalue weighted by atomic mass is 32.1. The van der Waals surface area contributed by atoms with Gasteiger partial charge in [-0.15, -0.1) is 11.3 Å². The average molecular weight is 254 g/mol. The molecule has 0 bridgehead atoms. The number of carbonyl (C=O) groups excluding carboxylic acids is 1. The fourth-order valence-electron chi connectivity index (χ4n) is 1.36. The van der Waals surface area contributed by atoms with Crippen molar-refractivity contribution in [3.05, 3.63) is 27.5 Å². The summed E-state index contributed by atoms with van der Waals surface area (Å²) in [5.74, 6) is -2.43. The maximum atomic E-state index is 11.3. The second kappa shape index (κ2) is 5.63. The van der Waals surface area contributed by atoms with Crippen molar-refractivity contribution in [3.8, 4) is 0 Å². The van der Waals surface area contributed by atoms with E-state index in [1.165, 1.54) is 31.4 Å². The predicted molar refractivity (Wildman–Crippen MR) is 65.8 cm³/mol. The van der Waals surface area contributed by atoms with Crippen LogP contribution in [0.25, 0.3) is 6.08 Å². The summed E-state index contributed by atoms with van der Waals surface area (Å²) in [5, 5.41) is 9.08. The van der Waals surface area contributed by atoms with Crippen molar-refractivity contribution in [3.63, 3.8) is 0 Å². The van der Waals surface area contributed by atoms with Crippen LogP contribution in [0.1, 0.15) is 16.7 Å². The molecule has 92 valence electrons. The molecule has 1 atom stereocenters. The third-order valence-corrected chi connectivity index (χ3v) is 3.27. The van der Waals surface area contributed by atoms with E-state index in [1.54, 1.807) is 0 Å². The van der Waals surface area contributed by atoms with E-state index in [1.807, 2.05) is 19.1 Å². The summed E-state index contributed by atoms with van der Waals surface area (Å²) in [6.45, 7) is 3.46. The molecule has 1 unspecified atom stereocenters. The van der Waals surface area contributed by atoms with Gasteiger partial charge in [-0.2, -0.15) is 0 Å². The molecule has 4 nitrogen and oxygen atoms in total. The van der Waals surface area contributed by atoms with Crippen LogP contribution in [-0.2, 0) is 14.3 Å². The molecule has 1 N–H and O–H groups in total. The van der Waals surface area contributed by atoms with Gasteiger partial charge >= 0.3 is 11.9 Å². The van der Waals surface area contributed by atoms with Crippen molar-refractivity contribution in [2.45, 2.75) is 13.8 Å². The molecular weight excluding hydrogens is 240 g/mol. The van der Waals surface area contributed by atoms with Gasteiger partial charge in [0.2, 0.25) is 0 Å². The highest BCUT2D eigenvalue weighted by Gasteiger charge is 2.23. The Hall–Kier alpha value is -1.62. The molecule has 0 aromatic carbocycles. The molecule has 0 aliphatic rings. The van der Waals surface area contributed by atoms with Gasteiger partial charge in [0.15, 0.2) is 0 Å². The van der Waals surface area contributed by atoms with E-state index in [4.69, 9.17) is 5.11 Å². The monoisotopic (exact) mass is 254 g/mol. The standard InChI is InChI=1S/C12H14O4S/c1-7-4-5-9(17-7)6-10(11(13)14)8(2)12(15)16-3/h4-6,8H,1-3H3,(H,13,14)/b10-6+. The zero-order valence-corrected chi connectivity index (χ0v) is 10.7. The minimum Gasteiger partial charge on any atom is -0.478 e. The zero-order valence-electron chi connectivity index (χ0n) is 9.89. The van der Waals surface area contributed by atoms with Crippen molar-refractivity contribution >= 4 is 29.4 Å². The second-order valence-corrected chi connectivity index (χ2v) is 4.92. The molecule has 1 rings (SSSR count). The molecule has 5 heteroatoms. The molecule has 0 spiro atoms. The van der Waals surface area contributed by atoms with Crippen LogP contribution in [0.4, 0.5) is 0 Å². The van der Waals surface area contributed by atoms with Gasteiger partial charge in [-0.25, -0.2) is 4.79 Å². The Kier molecular flexibility index (Phi) is 4.45. The Balaban J connectivity index is 3.05. The maximum Gasteiger partial charge on any atom is 0.332 e. The number of rotatable bonds is 4. The van der Waals surface area contributed by atoms with Gasteiger partial charge in [-0.3, -0.25) is 4.79 Å². The summed E-state index contributed by atoms with van der Waals surface area (Å²) in [6, 6.07) is 3.73. The SMILES string of the molecule is COC(=O)C(C)/C(=C\c1ccc(C)s1)C(=O)O. The summed E-state index contributed by atoms with van der Waals surface area (Å²) < 4.78 is 4.55. The van der Waals surface area contributed by atoms with Gasteiger partial charge in [-0.1, -0.05) is 0 Å².